The van der Waals surface area contributed by atoms with Gasteiger partial charge in [-0.2, -0.15) is 0 Å². The van der Waals surface area contributed by atoms with E-state index in [1.54, 1.807) is 6.33 Å². The van der Waals surface area contributed by atoms with Gasteiger partial charge in [0.25, 0.3) is 0 Å². The van der Waals surface area contributed by atoms with Gasteiger partial charge in [0.2, 0.25) is 0 Å². The van der Waals surface area contributed by atoms with E-state index in [2.05, 4.69) is 43.4 Å². The molecule has 1 saturated heterocycles. The maximum absolute atomic E-state index is 4.40. The second-order valence-corrected chi connectivity index (χ2v) is 5.79. The van der Waals surface area contributed by atoms with E-state index in [9.17, 15) is 0 Å². The molecule has 2 aromatic heterocycles. The molecule has 22 heavy (non-hydrogen) atoms. The Morgan fingerprint density at radius 3 is 2.73 bits per heavy atom. The largest absolute Gasteiger partial charge is 0.370 e. The first-order valence-electron chi connectivity index (χ1n) is 8.04. The monoisotopic (exact) mass is 297 g/mol. The van der Waals surface area contributed by atoms with Crippen molar-refractivity contribution in [3.05, 3.63) is 42.0 Å². The van der Waals surface area contributed by atoms with Gasteiger partial charge in [-0.25, -0.2) is 9.97 Å². The van der Waals surface area contributed by atoms with Crippen molar-refractivity contribution in [1.29, 1.82) is 0 Å². The lowest BCUT2D eigenvalue weighted by molar-refractivity contribution is 0.573. The highest BCUT2D eigenvalue weighted by Crippen LogP contribution is 2.19. The van der Waals surface area contributed by atoms with Crippen molar-refractivity contribution in [2.45, 2.75) is 32.6 Å². The maximum Gasteiger partial charge on any atom is 0.134 e. The first-order valence-corrected chi connectivity index (χ1v) is 8.04. The Bertz CT molecular complexity index is 590. The molecule has 0 atom stereocenters. The summed E-state index contributed by atoms with van der Waals surface area (Å²) in [6, 6.07) is 6.23. The Balaban J connectivity index is 1.55. The van der Waals surface area contributed by atoms with Gasteiger partial charge in [-0.05, 0) is 44.2 Å². The molecule has 3 rings (SSSR count). The van der Waals surface area contributed by atoms with E-state index in [0.29, 0.717) is 0 Å². The van der Waals surface area contributed by atoms with Crippen LogP contribution < -0.4 is 10.2 Å². The van der Waals surface area contributed by atoms with Gasteiger partial charge in [0, 0.05) is 37.6 Å². The number of hydrogen-bond acceptors (Lipinski definition) is 5. The van der Waals surface area contributed by atoms with E-state index in [0.717, 1.165) is 43.4 Å². The zero-order chi connectivity index (χ0) is 15.2. The molecule has 0 radical (unpaired) electrons. The minimum absolute atomic E-state index is 0.848. The molecular formula is C17H23N5. The number of piperidine rings is 1. The van der Waals surface area contributed by atoms with Crippen LogP contribution in [0.25, 0.3) is 0 Å². The molecule has 3 heterocycles. The molecule has 5 nitrogen and oxygen atoms in total. The van der Waals surface area contributed by atoms with E-state index in [1.165, 1.54) is 24.8 Å². The molecule has 0 unspecified atom stereocenters. The molecule has 0 aromatic carbocycles. The molecule has 0 amide bonds. The molecule has 0 aliphatic carbocycles. The van der Waals surface area contributed by atoms with E-state index >= 15 is 0 Å². The van der Waals surface area contributed by atoms with Crippen molar-refractivity contribution in [2.75, 3.05) is 29.9 Å². The lowest BCUT2D eigenvalue weighted by Crippen LogP contribution is -2.30. The summed E-state index contributed by atoms with van der Waals surface area (Å²) in [5, 5.41) is 3.38. The van der Waals surface area contributed by atoms with Crippen LogP contribution in [0, 0.1) is 6.92 Å². The second-order valence-electron chi connectivity index (χ2n) is 5.79. The average Bonchev–Trinajstić information content (AvgIpc) is 2.58. The van der Waals surface area contributed by atoms with Gasteiger partial charge in [-0.3, -0.25) is 4.98 Å². The van der Waals surface area contributed by atoms with E-state index in [4.69, 9.17) is 0 Å². The van der Waals surface area contributed by atoms with Gasteiger partial charge in [0.15, 0.2) is 0 Å². The van der Waals surface area contributed by atoms with Crippen LogP contribution in [-0.4, -0.2) is 34.6 Å². The third kappa shape index (κ3) is 3.93. The fourth-order valence-corrected chi connectivity index (χ4v) is 2.72. The number of aromatic nitrogens is 3. The lowest BCUT2D eigenvalue weighted by Gasteiger charge is -2.27. The normalized spacial score (nSPS) is 14.9. The molecule has 116 valence electrons. The molecule has 0 bridgehead atoms. The van der Waals surface area contributed by atoms with E-state index < -0.39 is 0 Å². The third-order valence-corrected chi connectivity index (χ3v) is 4.03. The summed E-state index contributed by atoms with van der Waals surface area (Å²) >= 11 is 0. The fourth-order valence-electron chi connectivity index (χ4n) is 2.72. The van der Waals surface area contributed by atoms with Crippen LogP contribution >= 0.6 is 0 Å². The lowest BCUT2D eigenvalue weighted by atomic mass is 10.1. The quantitative estimate of drug-likeness (QED) is 0.919. The Morgan fingerprint density at radius 2 is 1.95 bits per heavy atom. The SMILES string of the molecule is Cc1ccc(CCNc2cc(N3CCCCC3)ncn2)cn1. The Kier molecular flexibility index (Phi) is 4.83. The van der Waals surface area contributed by atoms with Gasteiger partial charge >= 0.3 is 0 Å². The van der Waals surface area contributed by atoms with Crippen molar-refractivity contribution in [3.63, 3.8) is 0 Å². The highest BCUT2D eigenvalue weighted by molar-refractivity contribution is 5.48. The first-order chi connectivity index (χ1) is 10.8. The predicted octanol–water partition coefficient (Wildman–Crippen LogP) is 2.82. The average molecular weight is 297 g/mol. The summed E-state index contributed by atoms with van der Waals surface area (Å²) in [5.41, 5.74) is 2.29. The van der Waals surface area contributed by atoms with Gasteiger partial charge in [-0.15, -0.1) is 0 Å². The molecular weight excluding hydrogens is 274 g/mol. The maximum atomic E-state index is 4.40. The minimum atomic E-state index is 0.848. The van der Waals surface area contributed by atoms with Crippen molar-refractivity contribution in [2.24, 2.45) is 0 Å². The van der Waals surface area contributed by atoms with Crippen LogP contribution in [0.4, 0.5) is 11.6 Å². The Morgan fingerprint density at radius 1 is 1.09 bits per heavy atom. The zero-order valence-corrected chi connectivity index (χ0v) is 13.1. The van der Waals surface area contributed by atoms with E-state index in [-0.39, 0.29) is 0 Å². The summed E-state index contributed by atoms with van der Waals surface area (Å²) < 4.78 is 0. The molecule has 0 saturated carbocycles. The molecule has 2 aromatic rings. The number of nitrogens with zero attached hydrogens (tertiary/aromatic N) is 4. The van der Waals surface area contributed by atoms with Gasteiger partial charge < -0.3 is 10.2 Å². The summed E-state index contributed by atoms with van der Waals surface area (Å²) in [4.78, 5) is 15.4. The fraction of sp³-hybridized carbons (Fsp3) is 0.471. The van der Waals surface area contributed by atoms with Crippen molar-refractivity contribution in [1.82, 2.24) is 15.0 Å². The first kappa shape index (κ1) is 14.8. The van der Waals surface area contributed by atoms with Gasteiger partial charge in [-0.1, -0.05) is 6.07 Å². The predicted molar refractivity (Wildman–Crippen MR) is 89.3 cm³/mol. The highest BCUT2D eigenvalue weighted by atomic mass is 15.2. The van der Waals surface area contributed by atoms with Crippen LogP contribution in [0.5, 0.6) is 0 Å². The standard InChI is InChI=1S/C17H23N5/c1-14-5-6-15(12-19-14)7-8-18-16-11-17(21-13-20-16)22-9-3-2-4-10-22/h5-6,11-13H,2-4,7-10H2,1H3,(H,18,20,21). The number of aryl methyl sites for hydroxylation is 1. The van der Waals surface area contributed by atoms with Crippen molar-refractivity contribution in [3.8, 4) is 0 Å². The Hall–Kier alpha value is -2.17. The summed E-state index contributed by atoms with van der Waals surface area (Å²) in [6.07, 6.45) is 8.38. The van der Waals surface area contributed by atoms with E-state index in [1.807, 2.05) is 13.1 Å². The zero-order valence-electron chi connectivity index (χ0n) is 13.1. The van der Waals surface area contributed by atoms with Crippen LogP contribution in [0.1, 0.15) is 30.5 Å². The van der Waals surface area contributed by atoms with Crippen LogP contribution in [0.15, 0.2) is 30.7 Å². The Labute approximate surface area is 131 Å². The molecule has 1 aliphatic heterocycles. The molecule has 1 aliphatic rings. The summed E-state index contributed by atoms with van der Waals surface area (Å²) in [7, 11) is 0. The molecule has 1 fully saturated rings. The molecule has 1 N–H and O–H groups in total. The number of rotatable bonds is 5. The number of hydrogen-bond donors (Lipinski definition) is 1. The minimum Gasteiger partial charge on any atom is -0.370 e. The highest BCUT2D eigenvalue weighted by Gasteiger charge is 2.12. The van der Waals surface area contributed by atoms with Crippen LogP contribution in [0.3, 0.4) is 0 Å². The summed E-state index contributed by atoms with van der Waals surface area (Å²) in [5.74, 6) is 1.94. The number of anilines is 2. The number of pyridine rings is 1. The van der Waals surface area contributed by atoms with Crippen molar-refractivity contribution >= 4 is 11.6 Å². The second kappa shape index (κ2) is 7.20. The van der Waals surface area contributed by atoms with Gasteiger partial charge in [0.1, 0.15) is 18.0 Å². The van der Waals surface area contributed by atoms with Gasteiger partial charge in [0.05, 0.1) is 0 Å². The van der Waals surface area contributed by atoms with Crippen LogP contribution in [0.2, 0.25) is 0 Å². The summed E-state index contributed by atoms with van der Waals surface area (Å²) in [6.45, 7) is 5.06. The number of nitrogens with one attached hydrogen (secondary N) is 1. The molecule has 5 heteroatoms. The van der Waals surface area contributed by atoms with Crippen LogP contribution in [-0.2, 0) is 6.42 Å². The third-order valence-electron chi connectivity index (χ3n) is 4.03. The molecule has 0 spiro atoms. The smallest absolute Gasteiger partial charge is 0.134 e. The van der Waals surface area contributed by atoms with Crippen molar-refractivity contribution < 1.29 is 0 Å². The topological polar surface area (TPSA) is 53.9 Å².